The Bertz CT molecular complexity index is 505. The van der Waals surface area contributed by atoms with Gasteiger partial charge in [0.1, 0.15) is 6.04 Å². The first-order valence-corrected chi connectivity index (χ1v) is 8.34. The molecule has 0 aliphatic carbocycles. The van der Waals surface area contributed by atoms with Crippen LogP contribution < -0.4 is 5.32 Å². The van der Waals surface area contributed by atoms with Gasteiger partial charge in [0.25, 0.3) is 5.91 Å². The van der Waals surface area contributed by atoms with Gasteiger partial charge in [0, 0.05) is 0 Å². The molecule has 0 aliphatic rings. The molecule has 0 bridgehead atoms. The summed E-state index contributed by atoms with van der Waals surface area (Å²) in [5.74, 6) is -16.8. The zero-order chi connectivity index (χ0) is 21.6. The van der Waals surface area contributed by atoms with E-state index in [0.717, 1.165) is 0 Å². The fourth-order valence-corrected chi connectivity index (χ4v) is 2.02. The molecule has 1 N–H and O–H groups in total. The van der Waals surface area contributed by atoms with Crippen LogP contribution in [0.25, 0.3) is 0 Å². The Morgan fingerprint density at radius 2 is 1.44 bits per heavy atom. The predicted molar refractivity (Wildman–Crippen MR) is 82.4 cm³/mol. The van der Waals surface area contributed by atoms with Crippen molar-refractivity contribution in [2.45, 2.75) is 71.0 Å². The Balaban J connectivity index is 5.17. The van der Waals surface area contributed by atoms with Crippen LogP contribution in [-0.4, -0.2) is 42.5 Å². The van der Waals surface area contributed by atoms with Crippen LogP contribution >= 0.6 is 0 Å². The van der Waals surface area contributed by atoms with E-state index in [1.807, 2.05) is 13.8 Å². The van der Waals surface area contributed by atoms with Crippen LogP contribution in [0.3, 0.4) is 0 Å². The molecule has 0 aromatic carbocycles. The third-order valence-electron chi connectivity index (χ3n) is 3.50. The third-order valence-corrected chi connectivity index (χ3v) is 3.50. The van der Waals surface area contributed by atoms with Crippen LogP contribution in [0.4, 0.5) is 30.7 Å². The maximum atomic E-state index is 13.4. The number of nitrogens with one attached hydrogen (secondary N) is 1. The Labute approximate surface area is 152 Å². The molecule has 1 atom stereocenters. The Morgan fingerprint density at radius 3 is 1.85 bits per heavy atom. The lowest BCUT2D eigenvalue weighted by Gasteiger charge is -2.28. The van der Waals surface area contributed by atoms with Crippen LogP contribution in [0.5, 0.6) is 0 Å². The third kappa shape index (κ3) is 7.17. The summed E-state index contributed by atoms with van der Waals surface area (Å²) in [6, 6.07) is -1.77. The van der Waals surface area contributed by atoms with Crippen LogP contribution in [0.1, 0.15) is 47.0 Å². The minimum atomic E-state index is -6.64. The van der Waals surface area contributed by atoms with E-state index in [-0.39, 0.29) is 18.9 Å². The predicted octanol–water partition coefficient (Wildman–Crippen LogP) is 4.33. The van der Waals surface area contributed by atoms with Gasteiger partial charge in [-0.25, -0.2) is 4.79 Å². The Kier molecular flexibility index (Phi) is 9.04. The molecular formula is C16H24F7NO3. The molecule has 0 fully saturated rings. The SMILES string of the molecule is CC(C)CCCOC(=O)C(CC(C)C)NC(=O)C(F)(F)C(F)(F)C(F)(F)F. The molecule has 1 unspecified atom stereocenters. The summed E-state index contributed by atoms with van der Waals surface area (Å²) in [7, 11) is 0. The normalized spacial score (nSPS) is 14.4. The molecule has 0 heterocycles. The minimum Gasteiger partial charge on any atom is -0.464 e. The second kappa shape index (κ2) is 9.59. The van der Waals surface area contributed by atoms with Gasteiger partial charge in [-0.1, -0.05) is 27.7 Å². The number of carbonyl (C=O) groups is 2. The number of halogens is 7. The average molecular weight is 411 g/mol. The van der Waals surface area contributed by atoms with Gasteiger partial charge >= 0.3 is 24.0 Å². The van der Waals surface area contributed by atoms with Crippen molar-refractivity contribution in [3.05, 3.63) is 0 Å². The summed E-state index contributed by atoms with van der Waals surface area (Å²) in [5.41, 5.74) is 0. The number of carbonyl (C=O) groups excluding carboxylic acids is 2. The summed E-state index contributed by atoms with van der Waals surface area (Å²) in [6.45, 7) is 6.79. The van der Waals surface area contributed by atoms with E-state index in [1.54, 1.807) is 0 Å². The van der Waals surface area contributed by atoms with Crippen molar-refractivity contribution in [1.82, 2.24) is 5.32 Å². The quantitative estimate of drug-likeness (QED) is 0.331. The molecule has 0 aliphatic heterocycles. The maximum absolute atomic E-state index is 13.4. The van der Waals surface area contributed by atoms with Gasteiger partial charge in [-0.2, -0.15) is 30.7 Å². The van der Waals surface area contributed by atoms with Gasteiger partial charge in [0.2, 0.25) is 0 Å². The summed E-state index contributed by atoms with van der Waals surface area (Å²) in [6.07, 6.45) is -5.79. The Morgan fingerprint density at radius 1 is 0.926 bits per heavy atom. The largest absolute Gasteiger partial charge is 0.464 e. The number of rotatable bonds is 10. The van der Waals surface area contributed by atoms with E-state index >= 15 is 0 Å². The first kappa shape index (κ1) is 25.4. The molecule has 0 rings (SSSR count). The van der Waals surface area contributed by atoms with Crippen molar-refractivity contribution < 1.29 is 45.1 Å². The van der Waals surface area contributed by atoms with Crippen LogP contribution in [-0.2, 0) is 14.3 Å². The molecule has 160 valence electrons. The number of hydrogen-bond donors (Lipinski definition) is 1. The molecule has 0 saturated heterocycles. The minimum absolute atomic E-state index is 0.101. The van der Waals surface area contributed by atoms with Crippen LogP contribution in [0.2, 0.25) is 0 Å². The number of ether oxygens (including phenoxy) is 1. The second-order valence-corrected chi connectivity index (χ2v) is 7.01. The van der Waals surface area contributed by atoms with Crippen molar-refractivity contribution in [2.24, 2.45) is 11.8 Å². The molecule has 0 spiro atoms. The van der Waals surface area contributed by atoms with E-state index < -0.39 is 35.9 Å². The molecule has 11 heteroatoms. The molecular weight excluding hydrogens is 387 g/mol. The van der Waals surface area contributed by atoms with Gasteiger partial charge in [-0.05, 0) is 31.1 Å². The van der Waals surface area contributed by atoms with Crippen molar-refractivity contribution in [2.75, 3.05) is 6.61 Å². The first-order chi connectivity index (χ1) is 12.0. The number of hydrogen-bond acceptors (Lipinski definition) is 3. The lowest BCUT2D eigenvalue weighted by atomic mass is 10.0. The van der Waals surface area contributed by atoms with E-state index in [0.29, 0.717) is 18.8 Å². The number of amides is 1. The van der Waals surface area contributed by atoms with Gasteiger partial charge in [-0.3, -0.25) is 4.79 Å². The number of esters is 1. The van der Waals surface area contributed by atoms with Gasteiger partial charge in [0.15, 0.2) is 0 Å². The van der Waals surface area contributed by atoms with Gasteiger partial charge < -0.3 is 10.1 Å². The smallest absolute Gasteiger partial charge is 0.460 e. The van der Waals surface area contributed by atoms with E-state index in [4.69, 9.17) is 4.74 Å². The molecule has 0 saturated carbocycles. The van der Waals surface area contributed by atoms with Crippen LogP contribution in [0.15, 0.2) is 0 Å². The van der Waals surface area contributed by atoms with E-state index in [9.17, 15) is 40.3 Å². The van der Waals surface area contributed by atoms with Crippen molar-refractivity contribution in [3.8, 4) is 0 Å². The summed E-state index contributed by atoms with van der Waals surface area (Å²) >= 11 is 0. The molecule has 27 heavy (non-hydrogen) atoms. The second-order valence-electron chi connectivity index (χ2n) is 7.01. The molecule has 1 amide bonds. The zero-order valence-corrected chi connectivity index (χ0v) is 15.4. The highest BCUT2D eigenvalue weighted by Crippen LogP contribution is 2.46. The summed E-state index contributed by atoms with van der Waals surface area (Å²) in [4.78, 5) is 23.4. The molecule has 0 aromatic rings. The van der Waals surface area contributed by atoms with Crippen LogP contribution in [0, 0.1) is 11.8 Å². The van der Waals surface area contributed by atoms with Crippen molar-refractivity contribution >= 4 is 11.9 Å². The highest BCUT2D eigenvalue weighted by Gasteiger charge is 2.76. The topological polar surface area (TPSA) is 55.4 Å². The molecule has 0 aromatic heterocycles. The standard InChI is InChI=1S/C16H24F7NO3/c1-9(2)6-5-7-27-12(25)11(8-10(3)4)24-13(26)14(17,18)15(19,20)16(21,22)23/h9-11H,5-8H2,1-4H3,(H,24,26). The van der Waals surface area contributed by atoms with Gasteiger partial charge in [-0.15, -0.1) is 0 Å². The van der Waals surface area contributed by atoms with Crippen molar-refractivity contribution in [3.63, 3.8) is 0 Å². The number of alkyl halides is 7. The van der Waals surface area contributed by atoms with Gasteiger partial charge in [0.05, 0.1) is 6.61 Å². The Hall–Kier alpha value is -1.55. The summed E-state index contributed by atoms with van der Waals surface area (Å²) < 4.78 is 94.0. The first-order valence-electron chi connectivity index (χ1n) is 8.34. The van der Waals surface area contributed by atoms with E-state index in [2.05, 4.69) is 0 Å². The zero-order valence-electron chi connectivity index (χ0n) is 15.4. The molecule has 0 radical (unpaired) electrons. The summed E-state index contributed by atoms with van der Waals surface area (Å²) in [5, 5.41) is 1.27. The highest BCUT2D eigenvalue weighted by molar-refractivity contribution is 5.89. The average Bonchev–Trinajstić information content (AvgIpc) is 2.48. The lowest BCUT2D eigenvalue weighted by Crippen LogP contribution is -2.61. The molecule has 4 nitrogen and oxygen atoms in total. The lowest BCUT2D eigenvalue weighted by molar-refractivity contribution is -0.344. The fourth-order valence-electron chi connectivity index (χ4n) is 2.02. The van der Waals surface area contributed by atoms with Crippen molar-refractivity contribution in [1.29, 1.82) is 0 Å². The van der Waals surface area contributed by atoms with E-state index in [1.165, 1.54) is 19.2 Å². The fraction of sp³-hybridized carbons (Fsp3) is 0.875. The highest BCUT2D eigenvalue weighted by atomic mass is 19.4. The monoisotopic (exact) mass is 411 g/mol. The maximum Gasteiger partial charge on any atom is 0.460 e.